The van der Waals surface area contributed by atoms with Crippen molar-refractivity contribution in [2.75, 3.05) is 0 Å². The summed E-state index contributed by atoms with van der Waals surface area (Å²) in [6.07, 6.45) is 5.75. The number of amides is 1. The van der Waals surface area contributed by atoms with Crippen molar-refractivity contribution in [1.29, 1.82) is 0 Å². The summed E-state index contributed by atoms with van der Waals surface area (Å²) in [5, 5.41) is 16.8. The van der Waals surface area contributed by atoms with Gasteiger partial charge >= 0.3 is 6.09 Å². The van der Waals surface area contributed by atoms with E-state index < -0.39 is 6.09 Å². The molecule has 0 bridgehead atoms. The lowest BCUT2D eigenvalue weighted by Gasteiger charge is -2.32. The molecular formula is C23H28N4O3. The molecule has 1 saturated carbocycles. The number of rotatable bonds is 6. The molecule has 0 radical (unpaired) electrons. The van der Waals surface area contributed by atoms with Crippen molar-refractivity contribution in [2.45, 2.75) is 51.9 Å². The average Bonchev–Trinajstić information content (AvgIpc) is 3.20. The first kappa shape index (κ1) is 20.3. The van der Waals surface area contributed by atoms with Gasteiger partial charge in [0.1, 0.15) is 6.61 Å². The van der Waals surface area contributed by atoms with Crippen LogP contribution in [-0.4, -0.2) is 25.8 Å². The first-order chi connectivity index (χ1) is 14.6. The Morgan fingerprint density at radius 1 is 1.20 bits per heavy atom. The molecule has 2 N–H and O–H groups in total. The Balaban J connectivity index is 1.52. The molecular weight excluding hydrogens is 380 g/mol. The van der Waals surface area contributed by atoms with Crippen molar-refractivity contribution in [1.82, 2.24) is 19.9 Å². The van der Waals surface area contributed by atoms with Crippen molar-refractivity contribution in [3.63, 3.8) is 0 Å². The topological polar surface area (TPSA) is 88.8 Å². The van der Waals surface area contributed by atoms with E-state index in [1.54, 1.807) is 10.6 Å². The molecule has 1 atom stereocenters. The summed E-state index contributed by atoms with van der Waals surface area (Å²) < 4.78 is 7.13. The van der Waals surface area contributed by atoms with Crippen molar-refractivity contribution in [3.8, 4) is 0 Å². The molecule has 1 aromatic carbocycles. The van der Waals surface area contributed by atoms with E-state index in [4.69, 9.17) is 9.72 Å². The molecule has 30 heavy (non-hydrogen) atoms. The number of fused-ring (bicyclic) bond motifs is 1. The number of aliphatic hydroxyl groups excluding tert-OH is 1. The highest BCUT2D eigenvalue weighted by molar-refractivity contribution is 5.68. The number of carbonyl (C=O) groups is 1. The molecule has 2 aromatic heterocycles. The maximum absolute atomic E-state index is 12.6. The van der Waals surface area contributed by atoms with E-state index in [0.717, 1.165) is 36.9 Å². The minimum absolute atomic E-state index is 0.128. The second-order valence-corrected chi connectivity index (χ2v) is 8.16. The standard InChI is InChI=1S/C23H28N4O3/c1-16-7-9-18(10-8-16)22(25-23(29)30-15-17-5-3-2-4-6-17)20-13-27-21(24-20)12-11-19(14-28)26-27/h2-6,11-13,16,18,22,28H,7-10,14-15H2,1H3,(H,25,29)/t16?,18?,22-/m0/s1. The zero-order valence-corrected chi connectivity index (χ0v) is 17.2. The number of hydrogen-bond acceptors (Lipinski definition) is 5. The van der Waals surface area contributed by atoms with Crippen molar-refractivity contribution < 1.29 is 14.6 Å². The Morgan fingerprint density at radius 3 is 2.70 bits per heavy atom. The molecule has 0 saturated heterocycles. The summed E-state index contributed by atoms with van der Waals surface area (Å²) in [5.74, 6) is 1.01. The average molecular weight is 409 g/mol. The number of alkyl carbamates (subject to hydrolysis) is 1. The summed E-state index contributed by atoms with van der Waals surface area (Å²) >= 11 is 0. The highest BCUT2D eigenvalue weighted by atomic mass is 16.5. The minimum Gasteiger partial charge on any atom is -0.445 e. The van der Waals surface area contributed by atoms with Crippen molar-refractivity contribution >= 4 is 11.7 Å². The highest BCUT2D eigenvalue weighted by Gasteiger charge is 2.31. The molecule has 4 rings (SSSR count). The molecule has 7 nitrogen and oxygen atoms in total. The summed E-state index contributed by atoms with van der Waals surface area (Å²) in [4.78, 5) is 17.3. The predicted molar refractivity (Wildman–Crippen MR) is 113 cm³/mol. The second-order valence-electron chi connectivity index (χ2n) is 8.16. The van der Waals surface area contributed by atoms with Gasteiger partial charge in [-0.3, -0.25) is 0 Å². The molecule has 1 amide bonds. The Labute approximate surface area is 176 Å². The Kier molecular flexibility index (Phi) is 6.28. The number of ether oxygens (including phenoxy) is 1. The predicted octanol–water partition coefficient (Wildman–Crippen LogP) is 4.02. The third-order valence-corrected chi connectivity index (χ3v) is 5.89. The van der Waals surface area contributed by atoms with Crippen LogP contribution in [0.4, 0.5) is 4.79 Å². The first-order valence-electron chi connectivity index (χ1n) is 10.6. The number of aliphatic hydroxyl groups is 1. The Morgan fingerprint density at radius 2 is 1.97 bits per heavy atom. The second kappa shape index (κ2) is 9.26. The van der Waals surface area contributed by atoms with Crippen LogP contribution in [0.3, 0.4) is 0 Å². The molecule has 3 aromatic rings. The molecule has 0 spiro atoms. The van der Waals surface area contributed by atoms with Gasteiger partial charge in [0, 0.05) is 0 Å². The van der Waals surface area contributed by atoms with E-state index in [-0.39, 0.29) is 19.3 Å². The van der Waals surface area contributed by atoms with E-state index in [1.807, 2.05) is 42.6 Å². The molecule has 2 heterocycles. The van der Waals surface area contributed by atoms with Crippen LogP contribution in [0.2, 0.25) is 0 Å². The maximum Gasteiger partial charge on any atom is 0.408 e. The van der Waals surface area contributed by atoms with Gasteiger partial charge in [-0.15, -0.1) is 0 Å². The van der Waals surface area contributed by atoms with E-state index in [1.165, 1.54) is 0 Å². The maximum atomic E-state index is 12.6. The van der Waals surface area contributed by atoms with Crippen LogP contribution < -0.4 is 5.32 Å². The minimum atomic E-state index is -0.441. The lowest BCUT2D eigenvalue weighted by molar-refractivity contribution is 0.126. The van der Waals surface area contributed by atoms with E-state index in [2.05, 4.69) is 17.3 Å². The van der Waals surface area contributed by atoms with Crippen LogP contribution in [0.1, 0.15) is 55.6 Å². The molecule has 1 aliphatic rings. The van der Waals surface area contributed by atoms with Gasteiger partial charge in [-0.05, 0) is 42.4 Å². The number of nitrogens with zero attached hydrogens (tertiary/aromatic N) is 3. The zero-order valence-electron chi connectivity index (χ0n) is 17.2. The highest BCUT2D eigenvalue weighted by Crippen LogP contribution is 2.36. The molecule has 1 aliphatic carbocycles. The number of carbonyl (C=O) groups excluding carboxylic acids is 1. The van der Waals surface area contributed by atoms with Crippen LogP contribution in [-0.2, 0) is 18.0 Å². The summed E-state index contributed by atoms with van der Waals surface area (Å²) in [5.41, 5.74) is 2.98. The summed E-state index contributed by atoms with van der Waals surface area (Å²) in [6, 6.07) is 13.0. The number of hydrogen-bond donors (Lipinski definition) is 2. The monoisotopic (exact) mass is 408 g/mol. The largest absolute Gasteiger partial charge is 0.445 e. The molecule has 158 valence electrons. The fraction of sp³-hybridized carbons (Fsp3) is 0.435. The third kappa shape index (κ3) is 4.79. The van der Waals surface area contributed by atoms with Crippen molar-refractivity contribution in [3.05, 3.63) is 65.6 Å². The van der Waals surface area contributed by atoms with Gasteiger partial charge in [-0.25, -0.2) is 14.3 Å². The van der Waals surface area contributed by atoms with Gasteiger partial charge in [0.25, 0.3) is 0 Å². The number of aromatic nitrogens is 3. The van der Waals surface area contributed by atoms with Crippen molar-refractivity contribution in [2.24, 2.45) is 11.8 Å². The number of imidazole rings is 1. The van der Waals surface area contributed by atoms with Crippen LogP contribution in [0.5, 0.6) is 0 Å². The number of nitrogens with one attached hydrogen (secondary N) is 1. The fourth-order valence-corrected chi connectivity index (χ4v) is 4.12. The van der Waals surface area contributed by atoms with Gasteiger partial charge < -0.3 is 15.2 Å². The van der Waals surface area contributed by atoms with Crippen LogP contribution in [0.15, 0.2) is 48.7 Å². The van der Waals surface area contributed by atoms with Crippen LogP contribution in [0.25, 0.3) is 5.65 Å². The summed E-state index contributed by atoms with van der Waals surface area (Å²) in [7, 11) is 0. The molecule has 7 heteroatoms. The lowest BCUT2D eigenvalue weighted by atomic mass is 9.78. The molecule has 1 fully saturated rings. The first-order valence-corrected chi connectivity index (χ1v) is 10.6. The quantitative estimate of drug-likeness (QED) is 0.643. The van der Waals surface area contributed by atoms with E-state index in [0.29, 0.717) is 23.2 Å². The van der Waals surface area contributed by atoms with Crippen LogP contribution in [0, 0.1) is 11.8 Å². The summed E-state index contributed by atoms with van der Waals surface area (Å²) in [6.45, 7) is 2.38. The SMILES string of the molecule is CC1CCC([C@H](NC(=O)OCc2ccccc2)c2cn3nc(CO)ccc3n2)CC1. The Hall–Kier alpha value is -2.93. The van der Waals surface area contributed by atoms with E-state index >= 15 is 0 Å². The van der Waals surface area contributed by atoms with E-state index in [9.17, 15) is 9.90 Å². The van der Waals surface area contributed by atoms with Gasteiger partial charge in [0.15, 0.2) is 5.65 Å². The smallest absolute Gasteiger partial charge is 0.408 e. The van der Waals surface area contributed by atoms with Gasteiger partial charge in [-0.1, -0.05) is 50.1 Å². The third-order valence-electron chi connectivity index (χ3n) is 5.89. The molecule has 0 aliphatic heterocycles. The zero-order chi connectivity index (χ0) is 20.9. The molecule has 0 unspecified atom stereocenters. The van der Waals surface area contributed by atoms with Gasteiger partial charge in [-0.2, -0.15) is 5.10 Å². The Bertz CT molecular complexity index is 981. The fourth-order valence-electron chi connectivity index (χ4n) is 4.12. The lowest BCUT2D eigenvalue weighted by Crippen LogP contribution is -2.35. The van der Waals surface area contributed by atoms with Gasteiger partial charge in [0.2, 0.25) is 0 Å². The van der Waals surface area contributed by atoms with Gasteiger partial charge in [0.05, 0.1) is 30.2 Å². The normalized spacial score (nSPS) is 20.1. The number of benzene rings is 1. The van der Waals surface area contributed by atoms with Crippen LogP contribution >= 0.6 is 0 Å².